The Morgan fingerprint density at radius 2 is 1.96 bits per heavy atom. The number of hydrogen-bond donors (Lipinski definition) is 0. The van der Waals surface area contributed by atoms with Gasteiger partial charge in [0.25, 0.3) is 0 Å². The lowest BCUT2D eigenvalue weighted by atomic mass is 10.0. The van der Waals surface area contributed by atoms with Gasteiger partial charge in [-0.2, -0.15) is 0 Å². The molecule has 0 fully saturated rings. The van der Waals surface area contributed by atoms with E-state index in [1.54, 1.807) is 19.1 Å². The first-order valence-corrected chi connectivity index (χ1v) is 8.71. The summed E-state index contributed by atoms with van der Waals surface area (Å²) < 4.78 is 11.2. The Morgan fingerprint density at radius 1 is 1.15 bits per heavy atom. The molecule has 4 rings (SSSR count). The summed E-state index contributed by atoms with van der Waals surface area (Å²) in [5.41, 5.74) is 3.28. The maximum absolute atomic E-state index is 12.5. The molecule has 0 atom stereocenters. The second-order valence-electron chi connectivity index (χ2n) is 6.05. The molecule has 4 aromatic rings. The van der Waals surface area contributed by atoms with E-state index in [-0.39, 0.29) is 6.61 Å². The highest BCUT2D eigenvalue weighted by Crippen LogP contribution is 2.33. The molecule has 130 valence electrons. The third kappa shape index (κ3) is 2.82. The van der Waals surface area contributed by atoms with Crippen LogP contribution >= 0.6 is 11.6 Å². The molecule has 0 saturated carbocycles. The van der Waals surface area contributed by atoms with Crippen LogP contribution in [0.2, 0.25) is 5.02 Å². The molecule has 0 aliphatic carbocycles. The van der Waals surface area contributed by atoms with E-state index in [0.29, 0.717) is 22.0 Å². The molecule has 0 saturated heterocycles. The Hall–Kier alpha value is -2.85. The van der Waals surface area contributed by atoms with E-state index in [1.807, 2.05) is 43.3 Å². The Labute approximate surface area is 155 Å². The highest BCUT2D eigenvalue weighted by Gasteiger charge is 2.20. The van der Waals surface area contributed by atoms with Gasteiger partial charge in [-0.05, 0) is 49.7 Å². The summed E-state index contributed by atoms with van der Waals surface area (Å²) in [4.78, 5) is 17.3. The fourth-order valence-corrected chi connectivity index (χ4v) is 3.35. The molecule has 0 bridgehead atoms. The second-order valence-corrected chi connectivity index (χ2v) is 6.48. The fraction of sp³-hybridized carbons (Fsp3) is 0.143. The molecule has 0 spiro atoms. The van der Waals surface area contributed by atoms with Gasteiger partial charge in [0.1, 0.15) is 11.3 Å². The van der Waals surface area contributed by atoms with Gasteiger partial charge >= 0.3 is 5.97 Å². The maximum atomic E-state index is 12.5. The van der Waals surface area contributed by atoms with Crippen molar-refractivity contribution < 1.29 is 13.9 Å². The summed E-state index contributed by atoms with van der Waals surface area (Å²) in [6.45, 7) is 3.99. The summed E-state index contributed by atoms with van der Waals surface area (Å²) in [5.74, 6) is 0.0977. The highest BCUT2D eigenvalue weighted by atomic mass is 35.5. The zero-order valence-electron chi connectivity index (χ0n) is 14.4. The van der Waals surface area contributed by atoms with Crippen LogP contribution in [0.4, 0.5) is 0 Å². The van der Waals surface area contributed by atoms with Gasteiger partial charge in [0, 0.05) is 15.8 Å². The number of para-hydroxylation sites is 1. The van der Waals surface area contributed by atoms with E-state index in [4.69, 9.17) is 25.7 Å². The SMILES string of the molecule is CCOC(=O)c1cc2cc(Cl)cc(C)c2nc1-c1cc2ccccc2o1. The van der Waals surface area contributed by atoms with Gasteiger partial charge < -0.3 is 9.15 Å². The zero-order valence-corrected chi connectivity index (χ0v) is 15.1. The van der Waals surface area contributed by atoms with Crippen LogP contribution in [0.1, 0.15) is 22.8 Å². The molecule has 5 heteroatoms. The molecule has 0 aliphatic heterocycles. The van der Waals surface area contributed by atoms with Crippen LogP contribution < -0.4 is 0 Å². The number of benzene rings is 2. The van der Waals surface area contributed by atoms with Crippen LogP contribution in [-0.4, -0.2) is 17.6 Å². The first kappa shape index (κ1) is 16.6. The number of ether oxygens (including phenoxy) is 1. The fourth-order valence-electron chi connectivity index (χ4n) is 3.07. The lowest BCUT2D eigenvalue weighted by Crippen LogP contribution is -2.08. The van der Waals surface area contributed by atoms with E-state index in [1.165, 1.54) is 0 Å². The number of rotatable bonds is 3. The van der Waals surface area contributed by atoms with Crippen molar-refractivity contribution >= 4 is 39.4 Å². The van der Waals surface area contributed by atoms with Crippen molar-refractivity contribution in [1.82, 2.24) is 4.98 Å². The van der Waals surface area contributed by atoms with Crippen LogP contribution in [0.3, 0.4) is 0 Å². The third-order valence-electron chi connectivity index (χ3n) is 4.23. The van der Waals surface area contributed by atoms with Gasteiger partial charge in [-0.3, -0.25) is 0 Å². The Kier molecular flexibility index (Phi) is 4.13. The molecular weight excluding hydrogens is 350 g/mol. The Bertz CT molecular complexity index is 1110. The van der Waals surface area contributed by atoms with Crippen LogP contribution in [0.15, 0.2) is 52.9 Å². The summed E-state index contributed by atoms with van der Waals surface area (Å²) in [5, 5.41) is 2.34. The standard InChI is InChI=1S/C21H16ClNO3/c1-3-25-21(24)16-10-14-9-15(22)8-12(2)19(14)23-20(16)18-11-13-6-4-5-7-17(13)26-18/h4-11H,3H2,1-2H3. The minimum absolute atomic E-state index is 0.283. The van der Waals surface area contributed by atoms with Gasteiger partial charge in [-0.1, -0.05) is 29.8 Å². The molecular formula is C21H16ClNO3. The number of hydrogen-bond acceptors (Lipinski definition) is 4. The highest BCUT2D eigenvalue weighted by molar-refractivity contribution is 6.31. The van der Waals surface area contributed by atoms with Crippen molar-refractivity contribution in [3.05, 3.63) is 64.7 Å². The minimum atomic E-state index is -0.435. The van der Waals surface area contributed by atoms with Gasteiger partial charge in [0.05, 0.1) is 17.7 Å². The molecule has 2 aromatic carbocycles. The molecule has 0 unspecified atom stereocenters. The van der Waals surface area contributed by atoms with Gasteiger partial charge in [-0.15, -0.1) is 0 Å². The monoisotopic (exact) mass is 365 g/mol. The lowest BCUT2D eigenvalue weighted by molar-refractivity contribution is 0.0527. The quantitative estimate of drug-likeness (QED) is 0.431. The van der Waals surface area contributed by atoms with Gasteiger partial charge in [0.15, 0.2) is 5.76 Å². The second kappa shape index (κ2) is 6.46. The van der Waals surface area contributed by atoms with E-state index in [2.05, 4.69) is 0 Å². The van der Waals surface area contributed by atoms with Crippen LogP contribution in [0.25, 0.3) is 33.3 Å². The summed E-state index contributed by atoms with van der Waals surface area (Å²) in [7, 11) is 0. The first-order valence-electron chi connectivity index (χ1n) is 8.34. The number of aryl methyl sites for hydroxylation is 1. The van der Waals surface area contributed by atoms with Crippen molar-refractivity contribution in [1.29, 1.82) is 0 Å². The predicted molar refractivity (Wildman–Crippen MR) is 103 cm³/mol. The van der Waals surface area contributed by atoms with Crippen molar-refractivity contribution in [3.63, 3.8) is 0 Å². The molecule has 2 aromatic heterocycles. The van der Waals surface area contributed by atoms with Gasteiger partial charge in [0.2, 0.25) is 0 Å². The summed E-state index contributed by atoms with van der Waals surface area (Å²) in [6, 6.07) is 15.0. The Balaban J connectivity index is 2.01. The topological polar surface area (TPSA) is 52.3 Å². The molecule has 0 N–H and O–H groups in total. The van der Waals surface area contributed by atoms with Crippen LogP contribution in [-0.2, 0) is 4.74 Å². The number of halogens is 1. The normalized spacial score (nSPS) is 11.2. The average molecular weight is 366 g/mol. The number of pyridine rings is 1. The predicted octanol–water partition coefficient (Wildman–Crippen LogP) is 5.79. The van der Waals surface area contributed by atoms with E-state index in [9.17, 15) is 4.79 Å². The van der Waals surface area contributed by atoms with Crippen molar-refractivity contribution in [2.45, 2.75) is 13.8 Å². The zero-order chi connectivity index (χ0) is 18.3. The third-order valence-corrected chi connectivity index (χ3v) is 4.45. The smallest absolute Gasteiger partial charge is 0.340 e. The summed E-state index contributed by atoms with van der Waals surface area (Å²) in [6.07, 6.45) is 0. The molecule has 4 nitrogen and oxygen atoms in total. The summed E-state index contributed by atoms with van der Waals surface area (Å²) >= 11 is 6.16. The Morgan fingerprint density at radius 3 is 2.73 bits per heavy atom. The number of aromatic nitrogens is 1. The van der Waals surface area contributed by atoms with Crippen molar-refractivity contribution in [2.24, 2.45) is 0 Å². The number of carbonyl (C=O) groups excluding carboxylic acids is 1. The van der Waals surface area contributed by atoms with Crippen LogP contribution in [0, 0.1) is 6.92 Å². The molecule has 26 heavy (non-hydrogen) atoms. The van der Waals surface area contributed by atoms with Crippen molar-refractivity contribution in [2.75, 3.05) is 6.61 Å². The van der Waals surface area contributed by atoms with Crippen LogP contribution in [0.5, 0.6) is 0 Å². The number of nitrogens with zero attached hydrogens (tertiary/aromatic N) is 1. The van der Waals surface area contributed by atoms with E-state index < -0.39 is 5.97 Å². The number of carbonyl (C=O) groups is 1. The number of esters is 1. The largest absolute Gasteiger partial charge is 0.462 e. The first-order chi connectivity index (χ1) is 12.6. The van der Waals surface area contributed by atoms with E-state index >= 15 is 0 Å². The lowest BCUT2D eigenvalue weighted by Gasteiger charge is -2.10. The maximum Gasteiger partial charge on any atom is 0.340 e. The molecule has 0 radical (unpaired) electrons. The molecule has 0 aliphatic rings. The minimum Gasteiger partial charge on any atom is -0.462 e. The van der Waals surface area contributed by atoms with Crippen molar-refractivity contribution in [3.8, 4) is 11.5 Å². The molecule has 2 heterocycles. The average Bonchev–Trinajstić information content (AvgIpc) is 3.04. The van der Waals surface area contributed by atoms with E-state index in [0.717, 1.165) is 27.4 Å². The number of fused-ring (bicyclic) bond motifs is 2. The molecule has 0 amide bonds. The van der Waals surface area contributed by atoms with Gasteiger partial charge in [-0.25, -0.2) is 9.78 Å². The number of furan rings is 1.